The molecule has 0 radical (unpaired) electrons. The molecule has 74 valence electrons. The van der Waals surface area contributed by atoms with E-state index in [-0.39, 0.29) is 6.04 Å². The number of hydrogen-bond donors (Lipinski definition) is 1. The van der Waals surface area contributed by atoms with E-state index in [1.54, 1.807) is 6.08 Å². The second-order valence-electron chi connectivity index (χ2n) is 3.76. The second kappa shape index (κ2) is 3.87. The third-order valence-electron chi connectivity index (χ3n) is 2.82. The number of benzene rings is 1. The van der Waals surface area contributed by atoms with E-state index < -0.39 is 0 Å². The van der Waals surface area contributed by atoms with Crippen LogP contribution in [0.2, 0.25) is 0 Å². The third kappa shape index (κ3) is 1.64. The van der Waals surface area contributed by atoms with Gasteiger partial charge >= 0.3 is 0 Å². The minimum atomic E-state index is -0.0443. The van der Waals surface area contributed by atoms with E-state index in [0.717, 1.165) is 5.56 Å². The average Bonchev–Trinajstić information content (AvgIpc) is 2.64. The van der Waals surface area contributed by atoms with Crippen LogP contribution in [0.1, 0.15) is 29.2 Å². The molecule has 1 aliphatic rings. The first-order valence-corrected chi connectivity index (χ1v) is 5.71. The number of nitrogens with two attached hydrogens (primary N) is 1. The molecule has 1 aromatic rings. The highest BCUT2D eigenvalue weighted by Crippen LogP contribution is 2.32. The average molecular weight is 252 g/mol. The Bertz CT molecular complexity index is 371. The number of hydrogen-bond acceptors (Lipinski definition) is 1. The number of fused-ring (bicyclic) bond motifs is 1. The SMILES string of the molecule is C=CC(N)c1cc(Br)c2c(c1)CCC2. The van der Waals surface area contributed by atoms with Crippen molar-refractivity contribution >= 4 is 15.9 Å². The first-order chi connectivity index (χ1) is 6.72. The van der Waals surface area contributed by atoms with Crippen molar-refractivity contribution in [1.29, 1.82) is 0 Å². The van der Waals surface area contributed by atoms with Gasteiger partial charge in [0.2, 0.25) is 0 Å². The lowest BCUT2D eigenvalue weighted by atomic mass is 10.0. The fraction of sp³-hybridized carbons (Fsp3) is 0.333. The Morgan fingerprint density at radius 3 is 2.93 bits per heavy atom. The zero-order chi connectivity index (χ0) is 10.1. The van der Waals surface area contributed by atoms with Crippen LogP contribution in [0, 0.1) is 0 Å². The van der Waals surface area contributed by atoms with Gasteiger partial charge in [0.05, 0.1) is 0 Å². The maximum atomic E-state index is 5.92. The van der Waals surface area contributed by atoms with E-state index in [1.807, 2.05) is 0 Å². The molecule has 0 saturated heterocycles. The molecule has 0 aliphatic heterocycles. The predicted molar refractivity (Wildman–Crippen MR) is 63.3 cm³/mol. The van der Waals surface area contributed by atoms with Crippen LogP contribution in [0.15, 0.2) is 29.3 Å². The van der Waals surface area contributed by atoms with Gasteiger partial charge in [0.25, 0.3) is 0 Å². The monoisotopic (exact) mass is 251 g/mol. The number of halogens is 1. The molecule has 1 unspecified atom stereocenters. The molecule has 0 fully saturated rings. The summed E-state index contributed by atoms with van der Waals surface area (Å²) in [5.74, 6) is 0. The topological polar surface area (TPSA) is 26.0 Å². The summed E-state index contributed by atoms with van der Waals surface area (Å²) >= 11 is 3.61. The van der Waals surface area contributed by atoms with E-state index in [9.17, 15) is 0 Å². The Balaban J connectivity index is 2.46. The molecule has 0 amide bonds. The van der Waals surface area contributed by atoms with Crippen LogP contribution < -0.4 is 5.73 Å². The maximum Gasteiger partial charge on any atom is 0.0479 e. The van der Waals surface area contributed by atoms with Crippen molar-refractivity contribution in [2.75, 3.05) is 0 Å². The first-order valence-electron chi connectivity index (χ1n) is 4.91. The van der Waals surface area contributed by atoms with Crippen molar-refractivity contribution in [3.8, 4) is 0 Å². The van der Waals surface area contributed by atoms with E-state index in [4.69, 9.17) is 5.73 Å². The highest BCUT2D eigenvalue weighted by molar-refractivity contribution is 9.10. The fourth-order valence-electron chi connectivity index (χ4n) is 2.00. The van der Waals surface area contributed by atoms with Crippen molar-refractivity contribution in [3.63, 3.8) is 0 Å². The molecule has 14 heavy (non-hydrogen) atoms. The standard InChI is InChI=1S/C12H14BrN/c1-2-12(14)9-6-8-4-3-5-10(8)11(13)7-9/h2,6-7,12H,1,3-5,14H2. The normalized spacial score (nSPS) is 16.4. The minimum absolute atomic E-state index is 0.0443. The second-order valence-corrected chi connectivity index (χ2v) is 4.61. The zero-order valence-corrected chi connectivity index (χ0v) is 9.68. The molecule has 0 bridgehead atoms. The van der Waals surface area contributed by atoms with Crippen LogP contribution in [0.4, 0.5) is 0 Å². The van der Waals surface area contributed by atoms with Gasteiger partial charge < -0.3 is 5.73 Å². The molecular weight excluding hydrogens is 238 g/mol. The highest BCUT2D eigenvalue weighted by atomic mass is 79.9. The van der Waals surface area contributed by atoms with Gasteiger partial charge in [0.1, 0.15) is 0 Å². The maximum absolute atomic E-state index is 5.92. The van der Waals surface area contributed by atoms with Gasteiger partial charge in [-0.1, -0.05) is 28.1 Å². The van der Waals surface area contributed by atoms with Gasteiger partial charge in [0.15, 0.2) is 0 Å². The summed E-state index contributed by atoms with van der Waals surface area (Å²) in [7, 11) is 0. The van der Waals surface area contributed by atoms with Crippen molar-refractivity contribution in [2.24, 2.45) is 5.73 Å². The Labute approximate surface area is 93.1 Å². The van der Waals surface area contributed by atoms with Crippen molar-refractivity contribution in [1.82, 2.24) is 0 Å². The summed E-state index contributed by atoms with van der Waals surface area (Å²) in [5, 5.41) is 0. The van der Waals surface area contributed by atoms with Crippen molar-refractivity contribution < 1.29 is 0 Å². The molecule has 1 aromatic carbocycles. The lowest BCUT2D eigenvalue weighted by Gasteiger charge is -2.10. The van der Waals surface area contributed by atoms with Crippen LogP contribution >= 0.6 is 15.9 Å². The summed E-state index contributed by atoms with van der Waals surface area (Å²) in [5.41, 5.74) is 9.99. The fourth-order valence-corrected chi connectivity index (χ4v) is 2.72. The molecule has 2 heteroatoms. The highest BCUT2D eigenvalue weighted by Gasteiger charge is 2.16. The first kappa shape index (κ1) is 9.94. The largest absolute Gasteiger partial charge is 0.321 e. The zero-order valence-electron chi connectivity index (χ0n) is 8.09. The van der Waals surface area contributed by atoms with Crippen LogP contribution in [0.3, 0.4) is 0 Å². The van der Waals surface area contributed by atoms with Crippen molar-refractivity contribution in [2.45, 2.75) is 25.3 Å². The summed E-state index contributed by atoms with van der Waals surface area (Å²) < 4.78 is 1.21. The lowest BCUT2D eigenvalue weighted by molar-refractivity contribution is 0.902. The van der Waals surface area contributed by atoms with Gasteiger partial charge in [0, 0.05) is 10.5 Å². The molecule has 2 N–H and O–H groups in total. The van der Waals surface area contributed by atoms with Crippen LogP contribution in [-0.4, -0.2) is 0 Å². The summed E-state index contributed by atoms with van der Waals surface area (Å²) in [4.78, 5) is 0. The lowest BCUT2D eigenvalue weighted by Crippen LogP contribution is -2.07. The molecular formula is C12H14BrN. The number of aryl methyl sites for hydroxylation is 1. The van der Waals surface area contributed by atoms with Crippen LogP contribution in [0.25, 0.3) is 0 Å². The van der Waals surface area contributed by atoms with Crippen LogP contribution in [-0.2, 0) is 12.8 Å². The Morgan fingerprint density at radius 1 is 1.43 bits per heavy atom. The van der Waals surface area contributed by atoms with Gasteiger partial charge in [-0.15, -0.1) is 6.58 Å². The molecule has 1 atom stereocenters. The van der Waals surface area contributed by atoms with Gasteiger partial charge in [-0.2, -0.15) is 0 Å². The summed E-state index contributed by atoms with van der Waals surface area (Å²) in [6.45, 7) is 3.72. The summed E-state index contributed by atoms with van der Waals surface area (Å²) in [6, 6.07) is 4.30. The third-order valence-corrected chi connectivity index (χ3v) is 3.53. The Kier molecular flexibility index (Phi) is 2.75. The van der Waals surface area contributed by atoms with Gasteiger partial charge in [-0.05, 0) is 42.0 Å². The van der Waals surface area contributed by atoms with Gasteiger partial charge in [-0.3, -0.25) is 0 Å². The molecule has 0 spiro atoms. The van der Waals surface area contributed by atoms with E-state index in [2.05, 4.69) is 34.6 Å². The smallest absolute Gasteiger partial charge is 0.0479 e. The molecule has 2 rings (SSSR count). The summed E-state index contributed by atoms with van der Waals surface area (Å²) in [6.07, 6.45) is 5.43. The number of rotatable bonds is 2. The predicted octanol–water partition coefficient (Wildman–Crippen LogP) is 3.12. The molecule has 1 nitrogen and oxygen atoms in total. The molecule has 1 aliphatic carbocycles. The molecule has 0 aromatic heterocycles. The Hall–Kier alpha value is -0.600. The van der Waals surface area contributed by atoms with E-state index >= 15 is 0 Å². The minimum Gasteiger partial charge on any atom is -0.321 e. The van der Waals surface area contributed by atoms with E-state index in [1.165, 1.54) is 34.9 Å². The van der Waals surface area contributed by atoms with Gasteiger partial charge in [-0.25, -0.2) is 0 Å². The Morgan fingerprint density at radius 2 is 2.21 bits per heavy atom. The quantitative estimate of drug-likeness (QED) is 0.804. The van der Waals surface area contributed by atoms with E-state index in [0.29, 0.717) is 0 Å². The molecule has 0 heterocycles. The molecule has 0 saturated carbocycles. The van der Waals surface area contributed by atoms with Crippen molar-refractivity contribution in [3.05, 3.63) is 46.0 Å². The van der Waals surface area contributed by atoms with Crippen LogP contribution in [0.5, 0.6) is 0 Å².